The number of rotatable bonds is 1. The molecular weight excluding hydrogens is 118 g/mol. The molecule has 0 aliphatic carbocycles. The lowest BCUT2D eigenvalue weighted by molar-refractivity contribution is -0.00208. The van der Waals surface area contributed by atoms with E-state index in [0.717, 1.165) is 0 Å². The van der Waals surface area contributed by atoms with E-state index in [-0.39, 0.29) is 12.1 Å². The fourth-order valence-corrected chi connectivity index (χ4v) is 0.886. The lowest BCUT2D eigenvalue weighted by atomic mass is 10.1. The van der Waals surface area contributed by atoms with E-state index >= 15 is 0 Å². The molecule has 1 aliphatic heterocycles. The highest BCUT2D eigenvalue weighted by Crippen LogP contribution is 2.09. The second-order valence-corrected chi connectivity index (χ2v) is 2.18. The molecule has 0 radical (unpaired) electrons. The highest BCUT2D eigenvalue weighted by atomic mass is 16.5. The van der Waals surface area contributed by atoms with Gasteiger partial charge < -0.3 is 9.84 Å². The molecule has 0 bridgehead atoms. The molecule has 0 aromatic rings. The van der Waals surface area contributed by atoms with E-state index in [1.165, 1.54) is 0 Å². The molecule has 1 fully saturated rings. The summed E-state index contributed by atoms with van der Waals surface area (Å²) in [5.74, 6) is 0. The molecule has 0 aromatic heterocycles. The van der Waals surface area contributed by atoms with Gasteiger partial charge in [-0.25, -0.2) is 0 Å². The Morgan fingerprint density at radius 2 is 2.44 bits per heavy atom. The number of ether oxygens (including phenoxy) is 1. The number of hydrogen-bond acceptors (Lipinski definition) is 3. The van der Waals surface area contributed by atoms with Gasteiger partial charge in [-0.3, -0.25) is 4.99 Å². The van der Waals surface area contributed by atoms with Crippen LogP contribution in [0.1, 0.15) is 6.42 Å². The van der Waals surface area contributed by atoms with Crippen molar-refractivity contribution in [2.45, 2.75) is 18.6 Å². The summed E-state index contributed by atoms with van der Waals surface area (Å²) in [5, 5.41) is 9.16. The van der Waals surface area contributed by atoms with Crippen LogP contribution in [-0.2, 0) is 4.74 Å². The summed E-state index contributed by atoms with van der Waals surface area (Å²) in [4.78, 5) is 3.70. The minimum atomic E-state index is -0.337. The molecule has 3 heteroatoms. The third-order valence-electron chi connectivity index (χ3n) is 1.53. The van der Waals surface area contributed by atoms with Crippen LogP contribution in [0.5, 0.6) is 0 Å². The van der Waals surface area contributed by atoms with Crippen LogP contribution in [0.3, 0.4) is 0 Å². The maximum Gasteiger partial charge on any atom is 0.0984 e. The highest BCUT2D eigenvalue weighted by Gasteiger charge is 2.21. The largest absolute Gasteiger partial charge is 0.391 e. The smallest absolute Gasteiger partial charge is 0.0984 e. The van der Waals surface area contributed by atoms with Gasteiger partial charge in [0.05, 0.1) is 18.8 Å². The van der Waals surface area contributed by atoms with Crippen LogP contribution < -0.4 is 0 Å². The van der Waals surface area contributed by atoms with Gasteiger partial charge in [-0.2, -0.15) is 0 Å². The van der Waals surface area contributed by atoms with E-state index in [1.54, 1.807) is 0 Å². The Morgan fingerprint density at radius 3 is 2.89 bits per heavy atom. The molecular formula is C6H11NO2. The molecule has 1 heterocycles. The monoisotopic (exact) mass is 129 g/mol. The molecule has 1 aliphatic rings. The van der Waals surface area contributed by atoms with Gasteiger partial charge in [0.15, 0.2) is 0 Å². The zero-order valence-corrected chi connectivity index (χ0v) is 5.29. The summed E-state index contributed by atoms with van der Waals surface area (Å²) in [7, 11) is 0. The van der Waals surface area contributed by atoms with Gasteiger partial charge in [-0.15, -0.1) is 0 Å². The van der Waals surface area contributed by atoms with Gasteiger partial charge in [0.25, 0.3) is 0 Å². The molecule has 0 aromatic carbocycles. The Hall–Kier alpha value is -0.410. The van der Waals surface area contributed by atoms with Crippen LogP contribution in [0.4, 0.5) is 0 Å². The summed E-state index contributed by atoms with van der Waals surface area (Å²) < 4.78 is 5.05. The average molecular weight is 129 g/mol. The maximum atomic E-state index is 9.16. The zero-order valence-electron chi connectivity index (χ0n) is 5.29. The first kappa shape index (κ1) is 6.71. The second kappa shape index (κ2) is 2.94. The first-order valence-electron chi connectivity index (χ1n) is 3.06. The Balaban J connectivity index is 2.38. The van der Waals surface area contributed by atoms with Crippen molar-refractivity contribution in [2.75, 3.05) is 13.2 Å². The molecule has 1 rings (SSSR count). The number of aliphatic hydroxyl groups excluding tert-OH is 1. The van der Waals surface area contributed by atoms with Crippen molar-refractivity contribution < 1.29 is 9.84 Å². The van der Waals surface area contributed by atoms with Crippen LogP contribution in [-0.4, -0.2) is 37.2 Å². The molecule has 1 N–H and O–H groups in total. The molecule has 0 unspecified atom stereocenters. The molecule has 9 heavy (non-hydrogen) atoms. The van der Waals surface area contributed by atoms with Crippen LogP contribution in [0.25, 0.3) is 0 Å². The third-order valence-corrected chi connectivity index (χ3v) is 1.53. The van der Waals surface area contributed by atoms with Crippen molar-refractivity contribution in [3.63, 3.8) is 0 Å². The Morgan fingerprint density at radius 1 is 1.67 bits per heavy atom. The van der Waals surface area contributed by atoms with Gasteiger partial charge in [-0.05, 0) is 13.1 Å². The zero-order chi connectivity index (χ0) is 6.69. The number of aliphatic imine (C=N–C) groups is 1. The predicted molar refractivity (Wildman–Crippen MR) is 34.8 cm³/mol. The van der Waals surface area contributed by atoms with Gasteiger partial charge >= 0.3 is 0 Å². The fraction of sp³-hybridized carbons (Fsp3) is 0.833. The second-order valence-electron chi connectivity index (χ2n) is 2.18. The molecule has 1 saturated heterocycles. The third kappa shape index (κ3) is 1.50. The van der Waals surface area contributed by atoms with Crippen molar-refractivity contribution >= 4 is 6.72 Å². The highest BCUT2D eigenvalue weighted by molar-refractivity contribution is 5.24. The lowest BCUT2D eigenvalue weighted by Gasteiger charge is -2.23. The van der Waals surface area contributed by atoms with E-state index in [2.05, 4.69) is 11.7 Å². The number of hydrogen-bond donors (Lipinski definition) is 1. The topological polar surface area (TPSA) is 41.8 Å². The number of aliphatic hydroxyl groups is 1. The average Bonchev–Trinajstić information content (AvgIpc) is 1.89. The summed E-state index contributed by atoms with van der Waals surface area (Å²) in [6, 6.07) is -0.0984. The van der Waals surface area contributed by atoms with Gasteiger partial charge in [0, 0.05) is 6.61 Å². The minimum absolute atomic E-state index is 0.0984. The van der Waals surface area contributed by atoms with Crippen LogP contribution in [0.2, 0.25) is 0 Å². The van der Waals surface area contributed by atoms with Gasteiger partial charge in [0.2, 0.25) is 0 Å². The quantitative estimate of drug-likeness (QED) is 0.500. The Labute approximate surface area is 54.4 Å². The van der Waals surface area contributed by atoms with Crippen LogP contribution in [0.15, 0.2) is 4.99 Å². The molecule has 0 spiro atoms. The molecule has 0 saturated carbocycles. The summed E-state index contributed by atoms with van der Waals surface area (Å²) in [5.41, 5.74) is 0. The first-order valence-corrected chi connectivity index (χ1v) is 3.06. The van der Waals surface area contributed by atoms with E-state index in [1.807, 2.05) is 0 Å². The maximum absolute atomic E-state index is 9.16. The van der Waals surface area contributed by atoms with E-state index in [9.17, 15) is 0 Å². The fourth-order valence-electron chi connectivity index (χ4n) is 0.886. The SMILES string of the molecule is C=N[C@@H]1COCC[C@H]1O. The van der Waals surface area contributed by atoms with Crippen LogP contribution >= 0.6 is 0 Å². The van der Waals surface area contributed by atoms with E-state index < -0.39 is 0 Å². The first-order chi connectivity index (χ1) is 4.34. The van der Waals surface area contributed by atoms with Crippen molar-refractivity contribution in [2.24, 2.45) is 4.99 Å². The van der Waals surface area contributed by atoms with Crippen molar-refractivity contribution in [3.05, 3.63) is 0 Å². The summed E-state index contributed by atoms with van der Waals surface area (Å²) in [6.07, 6.45) is 0.347. The Kier molecular flexibility index (Phi) is 2.19. The standard InChI is InChI=1S/C6H11NO2/c1-7-5-4-9-3-2-6(5)8/h5-6,8H,1-4H2/t5-,6-/m1/s1. The lowest BCUT2D eigenvalue weighted by Crippen LogP contribution is -2.34. The predicted octanol–water partition coefficient (Wildman–Crippen LogP) is -0.163. The van der Waals surface area contributed by atoms with Crippen molar-refractivity contribution in [1.82, 2.24) is 0 Å². The molecule has 52 valence electrons. The van der Waals surface area contributed by atoms with Crippen molar-refractivity contribution in [1.29, 1.82) is 0 Å². The van der Waals surface area contributed by atoms with Gasteiger partial charge in [-0.1, -0.05) is 0 Å². The Bertz CT molecular complexity index is 105. The van der Waals surface area contributed by atoms with Gasteiger partial charge in [0.1, 0.15) is 0 Å². The number of nitrogens with zero attached hydrogens (tertiary/aromatic N) is 1. The summed E-state index contributed by atoms with van der Waals surface area (Å²) >= 11 is 0. The van der Waals surface area contributed by atoms with E-state index in [0.29, 0.717) is 19.6 Å². The minimum Gasteiger partial charge on any atom is -0.391 e. The van der Waals surface area contributed by atoms with E-state index in [4.69, 9.17) is 9.84 Å². The molecule has 2 atom stereocenters. The summed E-state index contributed by atoms with van der Waals surface area (Å²) in [6.45, 7) is 4.51. The van der Waals surface area contributed by atoms with Crippen molar-refractivity contribution in [3.8, 4) is 0 Å². The molecule has 0 amide bonds. The molecule has 3 nitrogen and oxygen atoms in total. The normalized spacial score (nSPS) is 36.1. The van der Waals surface area contributed by atoms with Crippen LogP contribution in [0, 0.1) is 0 Å².